The van der Waals surface area contributed by atoms with Gasteiger partial charge in [-0.3, -0.25) is 14.3 Å². The van der Waals surface area contributed by atoms with Crippen LogP contribution in [0.4, 0.5) is 0 Å². The van der Waals surface area contributed by atoms with Crippen LogP contribution in [0.3, 0.4) is 0 Å². The number of aromatic amines is 1. The summed E-state index contributed by atoms with van der Waals surface area (Å²) in [6, 6.07) is 4.78. The molecule has 19 heavy (non-hydrogen) atoms. The smallest absolute Gasteiger partial charge is 0.273 e. The van der Waals surface area contributed by atoms with Gasteiger partial charge in [0.15, 0.2) is 0 Å². The lowest BCUT2D eigenvalue weighted by molar-refractivity contribution is 0.889. The standard InChI is InChI=1S/C11H4BrCl2N3O2/c12-6-1-7(13)9(8(14)2-6)17-4-5(3-15)10(18)16-11(17)19/h1-2,4H,(H,16,18,19). The van der Waals surface area contributed by atoms with Gasteiger partial charge in [-0.2, -0.15) is 5.26 Å². The maximum Gasteiger partial charge on any atom is 0.333 e. The highest BCUT2D eigenvalue weighted by Gasteiger charge is 2.13. The SMILES string of the molecule is N#Cc1cn(-c2c(Cl)cc(Br)cc2Cl)c(=O)[nH]c1=O. The molecule has 1 heterocycles. The minimum absolute atomic E-state index is 0.198. The lowest BCUT2D eigenvalue weighted by Crippen LogP contribution is -2.30. The molecule has 0 aliphatic carbocycles. The van der Waals surface area contributed by atoms with Crippen LogP contribution in [0, 0.1) is 11.3 Å². The number of nitrogens with one attached hydrogen (secondary N) is 1. The van der Waals surface area contributed by atoms with Gasteiger partial charge in [0.1, 0.15) is 11.6 Å². The van der Waals surface area contributed by atoms with Gasteiger partial charge in [-0.25, -0.2) is 4.79 Å². The second-order valence-corrected chi connectivity index (χ2v) is 5.23. The van der Waals surface area contributed by atoms with E-state index in [1.165, 1.54) is 0 Å². The predicted molar refractivity (Wildman–Crippen MR) is 75.1 cm³/mol. The van der Waals surface area contributed by atoms with Gasteiger partial charge >= 0.3 is 5.69 Å². The molecule has 2 aromatic rings. The molecule has 0 amide bonds. The Hall–Kier alpha value is -1.55. The van der Waals surface area contributed by atoms with Gasteiger partial charge in [0.25, 0.3) is 5.56 Å². The fraction of sp³-hybridized carbons (Fsp3) is 0. The van der Waals surface area contributed by atoms with Crippen LogP contribution in [0.25, 0.3) is 5.69 Å². The Kier molecular flexibility index (Phi) is 3.80. The normalized spacial score (nSPS) is 10.2. The first-order valence-corrected chi connectivity index (χ1v) is 6.40. The Bertz CT molecular complexity index is 797. The van der Waals surface area contributed by atoms with Gasteiger partial charge in [-0.1, -0.05) is 39.1 Å². The Morgan fingerprint density at radius 3 is 2.37 bits per heavy atom. The number of nitrogens with zero attached hydrogens (tertiary/aromatic N) is 2. The number of aromatic nitrogens is 2. The fourth-order valence-corrected chi connectivity index (χ4v) is 2.87. The van der Waals surface area contributed by atoms with Gasteiger partial charge in [0, 0.05) is 10.7 Å². The van der Waals surface area contributed by atoms with Crippen LogP contribution in [-0.4, -0.2) is 9.55 Å². The second kappa shape index (κ2) is 5.21. The first-order valence-electron chi connectivity index (χ1n) is 4.85. The van der Waals surface area contributed by atoms with Crippen molar-refractivity contribution >= 4 is 39.1 Å². The maximum atomic E-state index is 11.8. The third kappa shape index (κ3) is 2.59. The predicted octanol–water partition coefficient (Wildman–Crippen LogP) is 2.47. The molecule has 2 rings (SSSR count). The van der Waals surface area contributed by atoms with Crippen molar-refractivity contribution in [3.05, 3.63) is 59.2 Å². The molecule has 5 nitrogen and oxygen atoms in total. The van der Waals surface area contributed by atoms with Crippen molar-refractivity contribution in [1.82, 2.24) is 9.55 Å². The maximum absolute atomic E-state index is 11.8. The highest BCUT2D eigenvalue weighted by Crippen LogP contribution is 2.31. The van der Waals surface area contributed by atoms with E-state index in [1.807, 2.05) is 4.98 Å². The first kappa shape index (κ1) is 13.9. The summed E-state index contributed by atoms with van der Waals surface area (Å²) in [7, 11) is 0. The molecule has 0 bridgehead atoms. The Balaban J connectivity index is 2.84. The Morgan fingerprint density at radius 2 is 1.84 bits per heavy atom. The lowest BCUT2D eigenvalue weighted by Gasteiger charge is -2.10. The van der Waals surface area contributed by atoms with Crippen molar-refractivity contribution in [2.24, 2.45) is 0 Å². The van der Waals surface area contributed by atoms with Crippen LogP contribution in [-0.2, 0) is 0 Å². The summed E-state index contributed by atoms with van der Waals surface area (Å²) in [5, 5.41) is 9.22. The molecule has 1 aromatic carbocycles. The van der Waals surface area contributed by atoms with E-state index in [0.29, 0.717) is 4.47 Å². The summed E-state index contributed by atoms with van der Waals surface area (Å²) in [6.07, 6.45) is 1.10. The number of halogens is 3. The molecule has 0 radical (unpaired) electrons. The number of nitriles is 1. The average Bonchev–Trinajstić information content (AvgIpc) is 2.30. The van der Waals surface area contributed by atoms with Crippen molar-refractivity contribution in [3.8, 4) is 11.8 Å². The minimum Gasteiger partial charge on any atom is -0.273 e. The minimum atomic E-state index is -0.756. The monoisotopic (exact) mass is 359 g/mol. The Labute approximate surface area is 125 Å². The molecule has 0 spiro atoms. The third-order valence-corrected chi connectivity index (χ3v) is 3.32. The molecule has 1 aromatic heterocycles. The van der Waals surface area contributed by atoms with Crippen LogP contribution in [0.15, 0.2) is 32.4 Å². The molecule has 0 fully saturated rings. The van der Waals surface area contributed by atoms with Crippen molar-refractivity contribution in [3.63, 3.8) is 0 Å². The lowest BCUT2D eigenvalue weighted by atomic mass is 10.3. The molecule has 0 saturated carbocycles. The molecule has 0 saturated heterocycles. The zero-order chi connectivity index (χ0) is 14.2. The van der Waals surface area contributed by atoms with E-state index in [-0.39, 0.29) is 21.3 Å². The van der Waals surface area contributed by atoms with Crippen molar-refractivity contribution in [2.75, 3.05) is 0 Å². The highest BCUT2D eigenvalue weighted by molar-refractivity contribution is 9.10. The van der Waals surface area contributed by atoms with E-state index >= 15 is 0 Å². The van der Waals surface area contributed by atoms with Gasteiger partial charge in [-0.15, -0.1) is 0 Å². The second-order valence-electron chi connectivity index (χ2n) is 3.50. The van der Waals surface area contributed by atoms with E-state index in [2.05, 4.69) is 15.9 Å². The largest absolute Gasteiger partial charge is 0.333 e. The molecule has 0 aliphatic rings. The zero-order valence-electron chi connectivity index (χ0n) is 9.08. The molecule has 1 N–H and O–H groups in total. The van der Waals surface area contributed by atoms with Gasteiger partial charge in [0.05, 0.1) is 15.7 Å². The number of H-pyrrole nitrogens is 1. The fourth-order valence-electron chi connectivity index (χ4n) is 1.48. The number of rotatable bonds is 1. The molecule has 0 aliphatic heterocycles. The molecular weight excluding hydrogens is 357 g/mol. The summed E-state index contributed by atoms with van der Waals surface area (Å²) < 4.78 is 1.67. The van der Waals surface area contributed by atoms with Crippen molar-refractivity contribution in [2.45, 2.75) is 0 Å². The average molecular weight is 361 g/mol. The van der Waals surface area contributed by atoms with E-state index in [4.69, 9.17) is 28.5 Å². The van der Waals surface area contributed by atoms with Crippen molar-refractivity contribution in [1.29, 1.82) is 5.26 Å². The van der Waals surface area contributed by atoms with Crippen LogP contribution in [0.5, 0.6) is 0 Å². The molecule has 8 heteroatoms. The van der Waals surface area contributed by atoms with Gasteiger partial charge in [-0.05, 0) is 12.1 Å². The summed E-state index contributed by atoms with van der Waals surface area (Å²) in [4.78, 5) is 25.1. The quantitative estimate of drug-likeness (QED) is 0.848. The summed E-state index contributed by atoms with van der Waals surface area (Å²) >= 11 is 15.3. The number of benzene rings is 1. The summed E-state index contributed by atoms with van der Waals surface area (Å²) in [6.45, 7) is 0. The van der Waals surface area contributed by atoms with E-state index in [0.717, 1.165) is 10.8 Å². The van der Waals surface area contributed by atoms with Gasteiger partial charge < -0.3 is 0 Å². The topological polar surface area (TPSA) is 78.7 Å². The third-order valence-electron chi connectivity index (χ3n) is 2.29. The zero-order valence-corrected chi connectivity index (χ0v) is 12.2. The number of hydrogen-bond acceptors (Lipinski definition) is 3. The van der Waals surface area contributed by atoms with Crippen molar-refractivity contribution < 1.29 is 0 Å². The molecule has 0 unspecified atom stereocenters. The Morgan fingerprint density at radius 1 is 1.26 bits per heavy atom. The van der Waals surface area contributed by atoms with Crippen LogP contribution >= 0.6 is 39.1 Å². The molecule has 0 atom stereocenters. The molecule has 96 valence electrons. The van der Waals surface area contributed by atoms with Crippen LogP contribution in [0.2, 0.25) is 10.0 Å². The summed E-state index contributed by atoms with van der Waals surface area (Å²) in [5.41, 5.74) is -1.50. The van der Waals surface area contributed by atoms with E-state index in [9.17, 15) is 9.59 Å². The summed E-state index contributed by atoms with van der Waals surface area (Å²) in [5.74, 6) is 0. The van der Waals surface area contributed by atoms with Gasteiger partial charge in [0.2, 0.25) is 0 Å². The van der Waals surface area contributed by atoms with Crippen LogP contribution in [0.1, 0.15) is 5.56 Å². The van der Waals surface area contributed by atoms with E-state index in [1.54, 1.807) is 18.2 Å². The first-order chi connectivity index (χ1) is 8.93. The molecular formula is C11H4BrCl2N3O2. The highest BCUT2D eigenvalue weighted by atomic mass is 79.9. The number of hydrogen-bond donors (Lipinski definition) is 1. The van der Waals surface area contributed by atoms with Crippen LogP contribution < -0.4 is 11.2 Å². The van der Waals surface area contributed by atoms with E-state index < -0.39 is 11.2 Å².